The van der Waals surface area contributed by atoms with E-state index in [1.807, 2.05) is 29.1 Å². The predicted molar refractivity (Wildman–Crippen MR) is 81.4 cm³/mol. The average molecular weight is 297 g/mol. The number of benzene rings is 1. The lowest BCUT2D eigenvalue weighted by molar-refractivity contribution is 0.317. The van der Waals surface area contributed by atoms with Crippen LogP contribution in [0.4, 0.5) is 5.69 Å². The molecule has 0 spiro atoms. The maximum absolute atomic E-state index is 6.19. The summed E-state index contributed by atoms with van der Waals surface area (Å²) in [6.45, 7) is 4.82. The Morgan fingerprint density at radius 3 is 2.95 bits per heavy atom. The van der Waals surface area contributed by atoms with Crippen LogP contribution in [0.25, 0.3) is 0 Å². The van der Waals surface area contributed by atoms with Crippen LogP contribution >= 0.6 is 22.9 Å². The van der Waals surface area contributed by atoms with E-state index >= 15 is 0 Å². The summed E-state index contributed by atoms with van der Waals surface area (Å²) in [5.74, 6) is 0.732. The van der Waals surface area contributed by atoms with Crippen LogP contribution in [-0.2, 0) is 0 Å². The molecule has 0 aliphatic carbocycles. The first-order valence-corrected chi connectivity index (χ1v) is 7.59. The number of thiazole rings is 1. The van der Waals surface area contributed by atoms with Crippen molar-refractivity contribution in [2.24, 2.45) is 0 Å². The Morgan fingerprint density at radius 2 is 2.32 bits per heavy atom. The van der Waals surface area contributed by atoms with Crippen molar-refractivity contribution < 1.29 is 4.74 Å². The highest BCUT2D eigenvalue weighted by Gasteiger charge is 2.09. The Morgan fingerprint density at radius 1 is 1.47 bits per heavy atom. The van der Waals surface area contributed by atoms with E-state index in [4.69, 9.17) is 16.3 Å². The third-order valence-corrected chi connectivity index (χ3v) is 3.57. The molecule has 0 saturated carbocycles. The number of hydrogen-bond donors (Lipinski definition) is 1. The fourth-order valence-electron chi connectivity index (χ4n) is 1.68. The highest BCUT2D eigenvalue weighted by Crippen LogP contribution is 2.29. The van der Waals surface area contributed by atoms with Crippen LogP contribution in [0.15, 0.2) is 29.1 Å². The molecule has 1 N–H and O–H groups in total. The molecular weight excluding hydrogens is 280 g/mol. The van der Waals surface area contributed by atoms with Crippen molar-refractivity contribution in [1.82, 2.24) is 4.98 Å². The number of anilines is 1. The molecule has 5 heteroatoms. The largest absolute Gasteiger partial charge is 0.492 e. The second kappa shape index (κ2) is 6.78. The fourth-order valence-corrected chi connectivity index (χ4v) is 2.56. The number of nitrogens with one attached hydrogen (secondary N) is 1. The van der Waals surface area contributed by atoms with Crippen LogP contribution in [0, 0.1) is 0 Å². The smallest absolute Gasteiger partial charge is 0.138 e. The van der Waals surface area contributed by atoms with Crippen molar-refractivity contribution in [2.45, 2.75) is 26.3 Å². The van der Waals surface area contributed by atoms with Crippen molar-refractivity contribution in [2.75, 3.05) is 11.9 Å². The molecule has 2 rings (SSSR count). The first-order chi connectivity index (χ1) is 9.20. The summed E-state index contributed by atoms with van der Waals surface area (Å²) in [5.41, 5.74) is 3.84. The lowest BCUT2D eigenvalue weighted by Crippen LogP contribution is -2.07. The summed E-state index contributed by atoms with van der Waals surface area (Å²) < 4.78 is 5.55. The summed E-state index contributed by atoms with van der Waals surface area (Å²) in [7, 11) is 0. The normalized spacial score (nSPS) is 12.2. The average Bonchev–Trinajstić information content (AvgIpc) is 2.92. The van der Waals surface area contributed by atoms with E-state index in [2.05, 4.69) is 24.1 Å². The molecule has 0 radical (unpaired) electrons. The molecule has 0 saturated heterocycles. The third-order valence-electron chi connectivity index (χ3n) is 2.67. The lowest BCUT2D eigenvalue weighted by atomic mass is 10.2. The third kappa shape index (κ3) is 3.85. The van der Waals surface area contributed by atoms with Crippen LogP contribution in [0.1, 0.15) is 32.0 Å². The molecule has 1 aromatic carbocycles. The maximum atomic E-state index is 6.19. The van der Waals surface area contributed by atoms with Gasteiger partial charge in [0, 0.05) is 11.1 Å². The molecule has 1 heterocycles. The van der Waals surface area contributed by atoms with Crippen molar-refractivity contribution in [1.29, 1.82) is 0 Å². The molecule has 0 bridgehead atoms. The molecule has 0 fully saturated rings. The first-order valence-electron chi connectivity index (χ1n) is 6.27. The number of ether oxygens (including phenoxy) is 1. The van der Waals surface area contributed by atoms with Crippen molar-refractivity contribution in [3.8, 4) is 5.75 Å². The zero-order chi connectivity index (χ0) is 13.7. The van der Waals surface area contributed by atoms with Crippen LogP contribution in [0.2, 0.25) is 5.02 Å². The van der Waals surface area contributed by atoms with Crippen molar-refractivity contribution >= 4 is 28.6 Å². The Labute approximate surface area is 122 Å². The Kier molecular flexibility index (Phi) is 5.05. The number of aromatic nitrogens is 1. The summed E-state index contributed by atoms with van der Waals surface area (Å²) in [6, 6.07) is 5.91. The van der Waals surface area contributed by atoms with E-state index in [9.17, 15) is 0 Å². The minimum absolute atomic E-state index is 0.157. The van der Waals surface area contributed by atoms with Crippen LogP contribution in [0.5, 0.6) is 5.75 Å². The Hall–Kier alpha value is -1.26. The quantitative estimate of drug-likeness (QED) is 0.834. The van der Waals surface area contributed by atoms with Crippen molar-refractivity contribution in [3.05, 3.63) is 39.8 Å². The molecule has 0 aliphatic heterocycles. The minimum atomic E-state index is 0.157. The van der Waals surface area contributed by atoms with Gasteiger partial charge < -0.3 is 10.1 Å². The van der Waals surface area contributed by atoms with Gasteiger partial charge in [-0.3, -0.25) is 0 Å². The molecule has 1 unspecified atom stereocenters. The van der Waals surface area contributed by atoms with Gasteiger partial charge in [0.15, 0.2) is 0 Å². The van der Waals surface area contributed by atoms with Gasteiger partial charge in [0.1, 0.15) is 5.75 Å². The van der Waals surface area contributed by atoms with Gasteiger partial charge >= 0.3 is 0 Å². The predicted octanol–water partition coefficient (Wildman–Crippen LogP) is 4.76. The summed E-state index contributed by atoms with van der Waals surface area (Å²) in [5, 5.41) is 6.04. The zero-order valence-corrected chi connectivity index (χ0v) is 12.6. The standard InChI is InChI=1S/C14H17ClN2OS/c1-3-6-18-14-5-4-11(7-12(14)15)17-10(2)13-8-19-9-16-13/h4-5,7-10,17H,3,6H2,1-2H3. The summed E-state index contributed by atoms with van der Waals surface area (Å²) >= 11 is 7.79. The lowest BCUT2D eigenvalue weighted by Gasteiger charge is -2.14. The number of hydrogen-bond acceptors (Lipinski definition) is 4. The van der Waals surface area contributed by atoms with E-state index < -0.39 is 0 Å². The second-order valence-corrected chi connectivity index (χ2v) is 5.40. The molecule has 102 valence electrons. The Bertz CT molecular complexity index is 516. The van der Waals surface area contributed by atoms with Gasteiger partial charge in [-0.05, 0) is 31.5 Å². The molecular formula is C14H17ClN2OS. The van der Waals surface area contributed by atoms with Gasteiger partial charge in [0.05, 0.1) is 28.9 Å². The second-order valence-electron chi connectivity index (χ2n) is 4.27. The number of nitrogens with zero attached hydrogens (tertiary/aromatic N) is 1. The van der Waals surface area contributed by atoms with Crippen molar-refractivity contribution in [3.63, 3.8) is 0 Å². The molecule has 3 nitrogen and oxygen atoms in total. The number of halogens is 1. The monoisotopic (exact) mass is 296 g/mol. The van der Waals surface area contributed by atoms with Gasteiger partial charge in [0.2, 0.25) is 0 Å². The Balaban J connectivity index is 2.03. The van der Waals surface area contributed by atoms with E-state index in [0.717, 1.165) is 23.6 Å². The highest BCUT2D eigenvalue weighted by molar-refractivity contribution is 7.07. The maximum Gasteiger partial charge on any atom is 0.138 e. The van der Waals surface area contributed by atoms with E-state index in [-0.39, 0.29) is 6.04 Å². The molecule has 2 aromatic rings. The summed E-state index contributed by atoms with van der Waals surface area (Å²) in [4.78, 5) is 4.29. The fraction of sp³-hybridized carbons (Fsp3) is 0.357. The molecule has 19 heavy (non-hydrogen) atoms. The molecule has 0 amide bonds. The van der Waals surface area contributed by atoms with Gasteiger partial charge in [-0.15, -0.1) is 11.3 Å². The SMILES string of the molecule is CCCOc1ccc(NC(C)c2cscn2)cc1Cl. The van der Waals surface area contributed by atoms with Crippen LogP contribution < -0.4 is 10.1 Å². The summed E-state index contributed by atoms with van der Waals surface area (Å²) in [6.07, 6.45) is 0.969. The molecule has 0 aliphatic rings. The molecule has 1 aromatic heterocycles. The van der Waals surface area contributed by atoms with Gasteiger partial charge in [-0.1, -0.05) is 18.5 Å². The van der Waals surface area contributed by atoms with E-state index in [0.29, 0.717) is 11.6 Å². The van der Waals surface area contributed by atoms with E-state index in [1.165, 1.54) is 0 Å². The van der Waals surface area contributed by atoms with Gasteiger partial charge in [-0.25, -0.2) is 4.98 Å². The molecule has 1 atom stereocenters. The highest BCUT2D eigenvalue weighted by atomic mass is 35.5. The van der Waals surface area contributed by atoms with Gasteiger partial charge in [0.25, 0.3) is 0 Å². The first kappa shape index (κ1) is 14.2. The zero-order valence-electron chi connectivity index (χ0n) is 11.0. The van der Waals surface area contributed by atoms with Gasteiger partial charge in [-0.2, -0.15) is 0 Å². The topological polar surface area (TPSA) is 34.1 Å². The van der Waals surface area contributed by atoms with Crippen LogP contribution in [0.3, 0.4) is 0 Å². The number of rotatable bonds is 6. The van der Waals surface area contributed by atoms with E-state index in [1.54, 1.807) is 11.3 Å². The van der Waals surface area contributed by atoms with Crippen LogP contribution in [-0.4, -0.2) is 11.6 Å². The minimum Gasteiger partial charge on any atom is -0.492 e.